The average molecular weight is 592 g/mol. The number of sulfone groups is 1. The van der Waals surface area contributed by atoms with Gasteiger partial charge in [-0.2, -0.15) is 0 Å². The first-order valence-electron chi connectivity index (χ1n) is 13.7. The number of carbonyl (C=O) groups is 2. The molecule has 0 spiro atoms. The lowest BCUT2D eigenvalue weighted by molar-refractivity contribution is -0.257. The van der Waals surface area contributed by atoms with E-state index in [2.05, 4.69) is 5.32 Å². The molecule has 2 aromatic carbocycles. The molecule has 1 aliphatic heterocycles. The first-order chi connectivity index (χ1) is 19.4. The van der Waals surface area contributed by atoms with Crippen LogP contribution in [0.4, 0.5) is 0 Å². The Kier molecular flexibility index (Phi) is 11.7. The maximum absolute atomic E-state index is 13.1. The van der Waals surface area contributed by atoms with Crippen molar-refractivity contribution in [2.45, 2.75) is 64.6 Å². The van der Waals surface area contributed by atoms with Crippen molar-refractivity contribution < 1.29 is 42.1 Å². The van der Waals surface area contributed by atoms with Crippen molar-refractivity contribution in [1.82, 2.24) is 5.32 Å². The van der Waals surface area contributed by atoms with Crippen molar-refractivity contribution in [2.75, 3.05) is 32.3 Å². The number of benzene rings is 2. The van der Waals surface area contributed by atoms with Crippen molar-refractivity contribution in [3.8, 4) is 11.5 Å². The van der Waals surface area contributed by atoms with Gasteiger partial charge in [0.05, 0.1) is 26.1 Å². The smallest absolute Gasteiger partial charge is 0.249 e. The molecule has 2 aromatic rings. The number of hydrogen-bond donors (Lipinski definition) is 2. The largest absolute Gasteiger partial charge is 0.497 e. The number of ether oxygens (including phenoxy) is 4. The van der Waals surface area contributed by atoms with Crippen LogP contribution in [0.5, 0.6) is 11.5 Å². The highest BCUT2D eigenvalue weighted by Crippen LogP contribution is 2.37. The Morgan fingerprint density at radius 2 is 1.73 bits per heavy atom. The molecule has 0 radical (unpaired) electrons. The number of rotatable bonds is 15. The zero-order valence-corrected chi connectivity index (χ0v) is 24.9. The van der Waals surface area contributed by atoms with Gasteiger partial charge in [0.25, 0.3) is 0 Å². The minimum absolute atomic E-state index is 0.0694. The third kappa shape index (κ3) is 10.4. The monoisotopic (exact) mass is 591 g/mol. The fourth-order valence-electron chi connectivity index (χ4n) is 4.41. The molecular formula is C30H41NO9S. The number of aliphatic hydroxyl groups excluding tert-OH is 1. The zero-order chi connectivity index (χ0) is 30.0. The van der Waals surface area contributed by atoms with E-state index in [1.54, 1.807) is 31.4 Å². The summed E-state index contributed by atoms with van der Waals surface area (Å²) in [5.74, 6) is 0.775. The van der Waals surface area contributed by atoms with Gasteiger partial charge < -0.3 is 29.4 Å². The lowest BCUT2D eigenvalue weighted by atomic mass is 9.82. The number of carbonyl (C=O) groups excluding carboxylic acids is 2. The van der Waals surface area contributed by atoms with Crippen LogP contribution in [0.3, 0.4) is 0 Å². The molecule has 0 aliphatic carbocycles. The van der Waals surface area contributed by atoms with Gasteiger partial charge in [0, 0.05) is 30.2 Å². The fraction of sp³-hybridized carbons (Fsp3) is 0.533. The second-order valence-corrected chi connectivity index (χ2v) is 13.2. The molecule has 3 rings (SSSR count). The second-order valence-electron chi connectivity index (χ2n) is 11.0. The highest BCUT2D eigenvalue weighted by atomic mass is 32.2. The summed E-state index contributed by atoms with van der Waals surface area (Å²) in [4.78, 5) is 25.5. The maximum Gasteiger partial charge on any atom is 0.249 e. The Balaban J connectivity index is 1.40. The van der Waals surface area contributed by atoms with E-state index >= 15 is 0 Å². The van der Waals surface area contributed by atoms with Crippen LogP contribution in [-0.2, 0) is 35.4 Å². The van der Waals surface area contributed by atoms with Crippen molar-refractivity contribution in [3.63, 3.8) is 0 Å². The number of aliphatic hydroxyl groups is 1. The van der Waals surface area contributed by atoms with Crippen LogP contribution in [0.1, 0.15) is 56.9 Å². The highest BCUT2D eigenvalue weighted by molar-refractivity contribution is 7.90. The summed E-state index contributed by atoms with van der Waals surface area (Å²) in [6.45, 7) is 4.69. The quantitative estimate of drug-likeness (QED) is 0.299. The number of ketones is 1. The van der Waals surface area contributed by atoms with Crippen molar-refractivity contribution in [2.24, 2.45) is 5.41 Å². The number of amides is 1. The lowest BCUT2D eigenvalue weighted by Gasteiger charge is -2.41. The first-order valence-corrected chi connectivity index (χ1v) is 15.7. The normalized spacial score (nSPS) is 19.2. The van der Waals surface area contributed by atoms with E-state index in [1.165, 1.54) is 6.26 Å². The lowest BCUT2D eigenvalue weighted by Crippen LogP contribution is -2.47. The first kappa shape index (κ1) is 32.5. The second kappa shape index (κ2) is 14.8. The van der Waals surface area contributed by atoms with Crippen LogP contribution in [0.15, 0.2) is 48.5 Å². The molecule has 1 amide bonds. The highest BCUT2D eigenvalue weighted by Gasteiger charge is 2.42. The molecule has 10 nitrogen and oxygen atoms in total. The molecule has 0 aromatic heterocycles. The Morgan fingerprint density at radius 1 is 1.07 bits per heavy atom. The standard InChI is InChI=1S/C30H41NO9S/c1-30(2)20-39-29(22-11-15-23(37-3)16-12-22)40-27(30)25(32)7-5-8-26(33)28(34)31-19-21-9-13-24(14-10-21)38-17-6-18-41(4,35)36/h9-16,26-27,29,33H,5-8,17-20H2,1-4H3,(H,31,34)/t26?,27-,29?/m0/s1. The van der Waals surface area contributed by atoms with Crippen molar-refractivity contribution >= 4 is 21.5 Å². The predicted octanol–water partition coefficient (Wildman–Crippen LogP) is 3.37. The van der Waals surface area contributed by atoms with Crippen LogP contribution in [-0.4, -0.2) is 69.8 Å². The van der Waals surface area contributed by atoms with E-state index in [4.69, 9.17) is 18.9 Å². The summed E-state index contributed by atoms with van der Waals surface area (Å²) in [5, 5.41) is 13.0. The van der Waals surface area contributed by atoms with E-state index in [-0.39, 0.29) is 30.9 Å². The summed E-state index contributed by atoms with van der Waals surface area (Å²) in [5.41, 5.74) is 1.08. The molecule has 1 saturated heterocycles. The van der Waals surface area contributed by atoms with E-state index in [0.29, 0.717) is 37.6 Å². The molecule has 3 atom stereocenters. The topological polar surface area (TPSA) is 137 Å². The van der Waals surface area contributed by atoms with Gasteiger partial charge in [-0.15, -0.1) is 0 Å². The summed E-state index contributed by atoms with van der Waals surface area (Å²) in [6.07, 6.45) is -0.346. The van der Waals surface area contributed by atoms with Gasteiger partial charge in [-0.25, -0.2) is 8.42 Å². The fourth-order valence-corrected chi connectivity index (χ4v) is 5.06. The van der Waals surface area contributed by atoms with Crippen LogP contribution < -0.4 is 14.8 Å². The van der Waals surface area contributed by atoms with E-state index < -0.39 is 39.7 Å². The summed E-state index contributed by atoms with van der Waals surface area (Å²) in [6, 6.07) is 14.3. The van der Waals surface area contributed by atoms with Crippen molar-refractivity contribution in [1.29, 1.82) is 0 Å². The van der Waals surface area contributed by atoms with Gasteiger partial charge in [0.15, 0.2) is 12.1 Å². The molecule has 41 heavy (non-hydrogen) atoms. The van der Waals surface area contributed by atoms with Gasteiger partial charge in [0.2, 0.25) is 5.91 Å². The predicted molar refractivity (Wildman–Crippen MR) is 153 cm³/mol. The molecular weight excluding hydrogens is 550 g/mol. The minimum atomic E-state index is -3.01. The Bertz CT molecular complexity index is 1240. The molecule has 0 bridgehead atoms. The zero-order valence-electron chi connectivity index (χ0n) is 24.1. The molecule has 226 valence electrons. The van der Waals surface area contributed by atoms with Crippen LogP contribution in [0.2, 0.25) is 0 Å². The number of Topliss-reactive ketones (excluding diaryl/α,β-unsaturated/α-hetero) is 1. The molecule has 1 aliphatic rings. The Morgan fingerprint density at radius 3 is 2.37 bits per heavy atom. The molecule has 2 N–H and O–H groups in total. The molecule has 11 heteroatoms. The van der Waals surface area contributed by atoms with Crippen LogP contribution >= 0.6 is 0 Å². The molecule has 2 unspecified atom stereocenters. The van der Waals surface area contributed by atoms with Crippen LogP contribution in [0.25, 0.3) is 0 Å². The number of nitrogens with one attached hydrogen (secondary N) is 1. The average Bonchev–Trinajstić information content (AvgIpc) is 2.94. The maximum atomic E-state index is 13.1. The SMILES string of the molecule is COc1ccc(C2OCC(C)(C)[C@H](C(=O)CCCC(O)C(=O)NCc3ccc(OCCCS(C)(=O)=O)cc3)O2)cc1. The van der Waals surface area contributed by atoms with Gasteiger partial charge in [-0.1, -0.05) is 38.1 Å². The summed E-state index contributed by atoms with van der Waals surface area (Å²) < 4.78 is 45.0. The summed E-state index contributed by atoms with van der Waals surface area (Å²) in [7, 11) is -1.42. The van der Waals surface area contributed by atoms with Crippen LogP contribution in [0, 0.1) is 5.41 Å². The van der Waals surface area contributed by atoms with Gasteiger partial charge in [-0.05, 0) is 49.1 Å². The van der Waals surface area contributed by atoms with E-state index in [1.807, 2.05) is 38.1 Å². The van der Waals surface area contributed by atoms with Gasteiger partial charge in [0.1, 0.15) is 33.5 Å². The van der Waals surface area contributed by atoms with E-state index in [0.717, 1.165) is 11.1 Å². The number of methoxy groups -OCH3 is 1. The molecule has 0 saturated carbocycles. The molecule has 1 fully saturated rings. The number of hydrogen-bond acceptors (Lipinski definition) is 9. The van der Waals surface area contributed by atoms with E-state index in [9.17, 15) is 23.1 Å². The third-order valence-corrected chi connectivity index (χ3v) is 7.81. The molecule has 1 heterocycles. The van der Waals surface area contributed by atoms with Gasteiger partial charge >= 0.3 is 0 Å². The Hall–Kier alpha value is -2.99. The summed E-state index contributed by atoms with van der Waals surface area (Å²) >= 11 is 0. The third-order valence-electron chi connectivity index (χ3n) is 6.78. The van der Waals surface area contributed by atoms with Gasteiger partial charge in [-0.3, -0.25) is 9.59 Å². The Labute approximate surface area is 242 Å². The van der Waals surface area contributed by atoms with Crippen molar-refractivity contribution in [3.05, 3.63) is 59.7 Å². The minimum Gasteiger partial charge on any atom is -0.497 e.